The average molecular weight is 261 g/mol. The fourth-order valence-corrected chi connectivity index (χ4v) is 2.20. The van der Waals surface area contributed by atoms with Crippen LogP contribution in [0.1, 0.15) is 31.2 Å². The van der Waals surface area contributed by atoms with Crippen LogP contribution in [-0.4, -0.2) is 34.7 Å². The van der Waals surface area contributed by atoms with Gasteiger partial charge in [-0.25, -0.2) is 0 Å². The average Bonchev–Trinajstić information content (AvgIpc) is 2.57. The Morgan fingerprint density at radius 3 is 2.76 bits per heavy atom. The second kappa shape index (κ2) is 6.99. The number of halogens is 1. The molecule has 1 aromatic heterocycles. The molecule has 0 amide bonds. The predicted molar refractivity (Wildman–Crippen MR) is 68.4 cm³/mol. The second-order valence-corrected chi connectivity index (χ2v) is 4.56. The summed E-state index contributed by atoms with van der Waals surface area (Å²) in [5.41, 5.74) is 1.81. The standard InChI is InChI=1S/C12H21ClN2O2/c1-4-10-12(13)11(15(2)14-10)8-9(16)6-5-7-17-3/h9,16H,4-8H2,1-3H3. The summed E-state index contributed by atoms with van der Waals surface area (Å²) in [6.45, 7) is 2.70. The van der Waals surface area contributed by atoms with Gasteiger partial charge in [0, 0.05) is 27.2 Å². The van der Waals surface area contributed by atoms with Crippen LogP contribution in [0.25, 0.3) is 0 Å². The minimum atomic E-state index is -0.386. The lowest BCUT2D eigenvalue weighted by Gasteiger charge is -2.10. The normalized spacial score (nSPS) is 13.0. The third-order valence-electron chi connectivity index (χ3n) is 2.82. The van der Waals surface area contributed by atoms with Gasteiger partial charge in [0.2, 0.25) is 0 Å². The molecule has 5 heteroatoms. The highest BCUT2D eigenvalue weighted by atomic mass is 35.5. The molecule has 0 bridgehead atoms. The fraction of sp³-hybridized carbons (Fsp3) is 0.750. The number of nitrogens with zero attached hydrogens (tertiary/aromatic N) is 2. The fourth-order valence-electron chi connectivity index (χ4n) is 1.83. The van der Waals surface area contributed by atoms with Gasteiger partial charge in [0.1, 0.15) is 0 Å². The minimum absolute atomic E-state index is 0.386. The summed E-state index contributed by atoms with van der Waals surface area (Å²) >= 11 is 6.22. The number of methoxy groups -OCH3 is 1. The molecule has 0 aromatic carbocycles. The number of hydrogen-bond donors (Lipinski definition) is 1. The topological polar surface area (TPSA) is 47.3 Å². The summed E-state index contributed by atoms with van der Waals surface area (Å²) in [4.78, 5) is 0. The van der Waals surface area contributed by atoms with E-state index in [1.165, 1.54) is 0 Å². The van der Waals surface area contributed by atoms with E-state index in [2.05, 4.69) is 5.10 Å². The first-order chi connectivity index (χ1) is 8.10. The van der Waals surface area contributed by atoms with E-state index in [-0.39, 0.29) is 6.10 Å². The lowest BCUT2D eigenvalue weighted by molar-refractivity contribution is 0.134. The summed E-state index contributed by atoms with van der Waals surface area (Å²) in [6, 6.07) is 0. The van der Waals surface area contributed by atoms with Crippen LogP contribution in [0, 0.1) is 0 Å². The molecule has 0 fully saturated rings. The number of ether oxygens (including phenoxy) is 1. The van der Waals surface area contributed by atoms with Crippen LogP contribution in [-0.2, 0) is 24.6 Å². The molecule has 0 radical (unpaired) electrons. The van der Waals surface area contributed by atoms with Gasteiger partial charge in [-0.05, 0) is 19.3 Å². The predicted octanol–water partition coefficient (Wildman–Crippen LogP) is 1.97. The largest absolute Gasteiger partial charge is 0.393 e. The third-order valence-corrected chi connectivity index (χ3v) is 3.25. The number of aryl methyl sites for hydroxylation is 2. The van der Waals surface area contributed by atoms with Crippen molar-refractivity contribution in [2.75, 3.05) is 13.7 Å². The Bertz CT molecular complexity index is 353. The monoisotopic (exact) mass is 260 g/mol. The summed E-state index contributed by atoms with van der Waals surface area (Å²) < 4.78 is 6.72. The second-order valence-electron chi connectivity index (χ2n) is 4.18. The Morgan fingerprint density at radius 2 is 2.24 bits per heavy atom. The van der Waals surface area contributed by atoms with Gasteiger partial charge in [-0.3, -0.25) is 4.68 Å². The minimum Gasteiger partial charge on any atom is -0.393 e. The Kier molecular flexibility index (Phi) is 5.95. The van der Waals surface area contributed by atoms with Crippen LogP contribution < -0.4 is 0 Å². The molecule has 1 atom stereocenters. The first-order valence-corrected chi connectivity index (χ1v) is 6.35. The van der Waals surface area contributed by atoms with Crippen LogP contribution in [0.3, 0.4) is 0 Å². The number of aliphatic hydroxyl groups is 1. The van der Waals surface area contributed by atoms with E-state index in [9.17, 15) is 5.11 Å². The van der Waals surface area contributed by atoms with Gasteiger partial charge in [-0.2, -0.15) is 5.10 Å². The number of hydrogen-bond acceptors (Lipinski definition) is 3. The maximum atomic E-state index is 9.90. The smallest absolute Gasteiger partial charge is 0.0850 e. The summed E-state index contributed by atoms with van der Waals surface area (Å²) in [6.07, 6.45) is 2.55. The zero-order valence-corrected chi connectivity index (χ0v) is 11.5. The molecule has 1 N–H and O–H groups in total. The van der Waals surface area contributed by atoms with Gasteiger partial charge in [-0.1, -0.05) is 18.5 Å². The molecular weight excluding hydrogens is 240 g/mol. The molecule has 17 heavy (non-hydrogen) atoms. The van der Waals surface area contributed by atoms with E-state index in [0.29, 0.717) is 18.1 Å². The van der Waals surface area contributed by atoms with Gasteiger partial charge in [0.05, 0.1) is 22.5 Å². The Labute approximate surface area is 108 Å². The van der Waals surface area contributed by atoms with Crippen LogP contribution in [0.2, 0.25) is 5.02 Å². The van der Waals surface area contributed by atoms with Crippen LogP contribution in [0.4, 0.5) is 0 Å². The molecule has 0 aliphatic heterocycles. The first kappa shape index (κ1) is 14.5. The van der Waals surface area contributed by atoms with E-state index in [0.717, 1.165) is 30.7 Å². The molecule has 0 saturated heterocycles. The van der Waals surface area contributed by atoms with Gasteiger partial charge >= 0.3 is 0 Å². The number of aromatic nitrogens is 2. The van der Waals surface area contributed by atoms with E-state index in [1.807, 2.05) is 14.0 Å². The van der Waals surface area contributed by atoms with Crippen molar-refractivity contribution in [2.24, 2.45) is 7.05 Å². The highest BCUT2D eigenvalue weighted by molar-refractivity contribution is 6.31. The Morgan fingerprint density at radius 1 is 1.53 bits per heavy atom. The van der Waals surface area contributed by atoms with Crippen molar-refractivity contribution < 1.29 is 9.84 Å². The van der Waals surface area contributed by atoms with E-state index in [1.54, 1.807) is 11.8 Å². The lowest BCUT2D eigenvalue weighted by atomic mass is 10.1. The zero-order valence-electron chi connectivity index (χ0n) is 10.7. The SMILES string of the molecule is CCc1nn(C)c(CC(O)CCCOC)c1Cl. The molecule has 0 spiro atoms. The highest BCUT2D eigenvalue weighted by Gasteiger charge is 2.16. The molecule has 0 aliphatic carbocycles. The van der Waals surface area contributed by atoms with Crippen molar-refractivity contribution in [1.29, 1.82) is 0 Å². The first-order valence-electron chi connectivity index (χ1n) is 5.97. The molecule has 0 aliphatic rings. The van der Waals surface area contributed by atoms with Crippen LogP contribution in [0.5, 0.6) is 0 Å². The summed E-state index contributed by atoms with van der Waals surface area (Å²) in [5, 5.41) is 14.9. The third kappa shape index (κ3) is 3.98. The molecule has 1 heterocycles. The van der Waals surface area contributed by atoms with Gasteiger partial charge < -0.3 is 9.84 Å². The highest BCUT2D eigenvalue weighted by Crippen LogP contribution is 2.22. The molecule has 1 unspecified atom stereocenters. The Hall–Kier alpha value is -0.580. The number of aliphatic hydroxyl groups excluding tert-OH is 1. The molecular formula is C12H21ClN2O2. The van der Waals surface area contributed by atoms with Crippen molar-refractivity contribution >= 4 is 11.6 Å². The van der Waals surface area contributed by atoms with Gasteiger partial charge in [-0.15, -0.1) is 0 Å². The maximum absolute atomic E-state index is 9.90. The maximum Gasteiger partial charge on any atom is 0.0850 e. The lowest BCUT2D eigenvalue weighted by Crippen LogP contribution is -2.14. The van der Waals surface area contributed by atoms with Gasteiger partial charge in [0.25, 0.3) is 0 Å². The van der Waals surface area contributed by atoms with E-state index >= 15 is 0 Å². The van der Waals surface area contributed by atoms with Crippen LogP contribution >= 0.6 is 11.6 Å². The molecule has 98 valence electrons. The van der Waals surface area contributed by atoms with E-state index < -0.39 is 0 Å². The van der Waals surface area contributed by atoms with Crippen molar-refractivity contribution in [3.8, 4) is 0 Å². The van der Waals surface area contributed by atoms with Crippen molar-refractivity contribution in [1.82, 2.24) is 9.78 Å². The summed E-state index contributed by atoms with van der Waals surface area (Å²) in [7, 11) is 3.53. The Balaban J connectivity index is 2.58. The molecule has 0 saturated carbocycles. The zero-order chi connectivity index (χ0) is 12.8. The quantitative estimate of drug-likeness (QED) is 0.763. The molecule has 1 aromatic rings. The number of rotatable bonds is 7. The summed E-state index contributed by atoms with van der Waals surface area (Å²) in [5.74, 6) is 0. The molecule has 4 nitrogen and oxygen atoms in total. The van der Waals surface area contributed by atoms with Crippen molar-refractivity contribution in [3.63, 3.8) is 0 Å². The van der Waals surface area contributed by atoms with Crippen molar-refractivity contribution in [3.05, 3.63) is 16.4 Å². The van der Waals surface area contributed by atoms with E-state index in [4.69, 9.17) is 16.3 Å². The van der Waals surface area contributed by atoms with Gasteiger partial charge in [0.15, 0.2) is 0 Å². The van der Waals surface area contributed by atoms with Crippen LogP contribution in [0.15, 0.2) is 0 Å². The molecule has 1 rings (SSSR count). The van der Waals surface area contributed by atoms with Crippen molar-refractivity contribution in [2.45, 2.75) is 38.7 Å².